The summed E-state index contributed by atoms with van der Waals surface area (Å²) >= 11 is 5.14. The third kappa shape index (κ3) is 4.88. The molecule has 1 aliphatic heterocycles. The summed E-state index contributed by atoms with van der Waals surface area (Å²) in [6, 6.07) is 0.225. The fraction of sp³-hybridized carbons (Fsp3) is 0.833. The molecule has 0 aromatic rings. The number of hydrogen-bond donors (Lipinski definition) is 2. The molecule has 104 valence electrons. The Morgan fingerprint density at radius 1 is 1.28 bits per heavy atom. The van der Waals surface area contributed by atoms with Crippen LogP contribution in [0.3, 0.4) is 0 Å². The third-order valence-corrected chi connectivity index (χ3v) is 3.68. The molecule has 0 saturated carbocycles. The first kappa shape index (κ1) is 15.3. The van der Waals surface area contributed by atoms with Crippen LogP contribution in [0.5, 0.6) is 0 Å². The van der Waals surface area contributed by atoms with Gasteiger partial charge in [-0.15, -0.1) is 0 Å². The second-order valence-corrected chi connectivity index (χ2v) is 5.27. The molecule has 1 fully saturated rings. The number of rotatable bonds is 7. The Hall–Kier alpha value is -0.720. The molecule has 0 aromatic heterocycles. The van der Waals surface area contributed by atoms with Crippen molar-refractivity contribution in [2.24, 2.45) is 11.5 Å². The molecule has 6 heteroatoms. The number of carbonyl (C=O) groups excluding carboxylic acids is 1. The molecular weight excluding hydrogens is 248 g/mol. The summed E-state index contributed by atoms with van der Waals surface area (Å²) in [4.78, 5) is 16.0. The molecule has 1 aliphatic rings. The molecule has 1 heterocycles. The van der Waals surface area contributed by atoms with Crippen LogP contribution in [-0.2, 0) is 4.79 Å². The fourth-order valence-electron chi connectivity index (χ4n) is 2.35. The van der Waals surface area contributed by atoms with Crippen molar-refractivity contribution in [1.82, 2.24) is 9.80 Å². The second-order valence-electron chi connectivity index (χ2n) is 4.80. The van der Waals surface area contributed by atoms with Crippen LogP contribution in [0.4, 0.5) is 0 Å². The van der Waals surface area contributed by atoms with Crippen LogP contribution in [0.1, 0.15) is 26.2 Å². The van der Waals surface area contributed by atoms with Gasteiger partial charge in [-0.2, -0.15) is 0 Å². The van der Waals surface area contributed by atoms with Crippen LogP contribution < -0.4 is 11.5 Å². The van der Waals surface area contributed by atoms with Crippen molar-refractivity contribution in [3.63, 3.8) is 0 Å². The van der Waals surface area contributed by atoms with Gasteiger partial charge < -0.3 is 16.4 Å². The average Bonchev–Trinajstić information content (AvgIpc) is 2.34. The van der Waals surface area contributed by atoms with Crippen molar-refractivity contribution in [3.05, 3.63) is 0 Å². The SMILES string of the molecule is CCCC(C(N)=S)N1CCN(CCC(N)=O)CC1. The van der Waals surface area contributed by atoms with Gasteiger partial charge in [0.15, 0.2) is 0 Å². The summed E-state index contributed by atoms with van der Waals surface area (Å²) in [5.74, 6) is -0.232. The van der Waals surface area contributed by atoms with E-state index >= 15 is 0 Å². The third-order valence-electron chi connectivity index (χ3n) is 3.41. The van der Waals surface area contributed by atoms with Crippen LogP contribution in [-0.4, -0.2) is 59.5 Å². The predicted octanol–water partition coefficient (Wildman–Crippen LogP) is -0.0658. The summed E-state index contributed by atoms with van der Waals surface area (Å²) in [6.45, 7) is 6.73. The number of nitrogens with zero attached hydrogens (tertiary/aromatic N) is 2. The van der Waals surface area contributed by atoms with E-state index in [1.807, 2.05) is 0 Å². The lowest BCUT2D eigenvalue weighted by molar-refractivity contribution is -0.118. The van der Waals surface area contributed by atoms with E-state index in [1.54, 1.807) is 0 Å². The zero-order valence-electron chi connectivity index (χ0n) is 11.1. The minimum Gasteiger partial charge on any atom is -0.392 e. The Morgan fingerprint density at radius 2 is 1.89 bits per heavy atom. The molecule has 5 nitrogen and oxygen atoms in total. The zero-order valence-corrected chi connectivity index (χ0v) is 11.9. The van der Waals surface area contributed by atoms with Gasteiger partial charge in [0.2, 0.25) is 5.91 Å². The molecule has 4 N–H and O–H groups in total. The first-order valence-corrected chi connectivity index (χ1v) is 6.99. The van der Waals surface area contributed by atoms with Crippen molar-refractivity contribution in [1.29, 1.82) is 0 Å². The van der Waals surface area contributed by atoms with Crippen LogP contribution in [0.25, 0.3) is 0 Å². The standard InChI is InChI=1S/C12H24N4OS/c1-2-3-10(12(14)18)16-8-6-15(7-9-16)5-4-11(13)17/h10H,2-9H2,1H3,(H2,13,17)(H2,14,18). The summed E-state index contributed by atoms with van der Waals surface area (Å²) in [7, 11) is 0. The number of carbonyl (C=O) groups is 1. The van der Waals surface area contributed by atoms with E-state index < -0.39 is 0 Å². The molecule has 1 unspecified atom stereocenters. The summed E-state index contributed by atoms with van der Waals surface area (Å²) in [6.07, 6.45) is 2.55. The Labute approximate surface area is 114 Å². The number of hydrogen-bond acceptors (Lipinski definition) is 4. The lowest BCUT2D eigenvalue weighted by Gasteiger charge is -2.38. The first-order valence-electron chi connectivity index (χ1n) is 6.58. The van der Waals surface area contributed by atoms with Crippen LogP contribution in [0.2, 0.25) is 0 Å². The van der Waals surface area contributed by atoms with E-state index in [2.05, 4.69) is 16.7 Å². The molecular formula is C12H24N4OS. The maximum Gasteiger partial charge on any atom is 0.218 e. The Morgan fingerprint density at radius 3 is 2.33 bits per heavy atom. The molecule has 1 rings (SSSR count). The summed E-state index contributed by atoms with van der Waals surface area (Å²) < 4.78 is 0. The summed E-state index contributed by atoms with van der Waals surface area (Å²) in [5, 5.41) is 0. The number of nitrogens with two attached hydrogens (primary N) is 2. The van der Waals surface area contributed by atoms with Gasteiger partial charge in [0.05, 0.1) is 11.0 Å². The second kappa shape index (κ2) is 7.66. The smallest absolute Gasteiger partial charge is 0.218 e. The molecule has 18 heavy (non-hydrogen) atoms. The molecule has 0 spiro atoms. The monoisotopic (exact) mass is 272 g/mol. The predicted molar refractivity (Wildman–Crippen MR) is 77.3 cm³/mol. The highest BCUT2D eigenvalue weighted by Gasteiger charge is 2.24. The highest BCUT2D eigenvalue weighted by molar-refractivity contribution is 7.80. The normalized spacial score (nSPS) is 19.6. The zero-order chi connectivity index (χ0) is 13.5. The quantitative estimate of drug-likeness (QED) is 0.635. The van der Waals surface area contributed by atoms with Crippen molar-refractivity contribution in [2.75, 3.05) is 32.7 Å². The van der Waals surface area contributed by atoms with Gasteiger partial charge in [-0.1, -0.05) is 25.6 Å². The summed E-state index contributed by atoms with van der Waals surface area (Å²) in [5.41, 5.74) is 11.0. The van der Waals surface area contributed by atoms with Gasteiger partial charge in [-0.25, -0.2) is 0 Å². The molecule has 0 bridgehead atoms. The Bertz CT molecular complexity index is 290. The van der Waals surface area contributed by atoms with Crippen LogP contribution >= 0.6 is 12.2 Å². The number of amides is 1. The molecule has 1 saturated heterocycles. The number of thiocarbonyl (C=S) groups is 1. The van der Waals surface area contributed by atoms with Gasteiger partial charge in [0, 0.05) is 39.1 Å². The maximum absolute atomic E-state index is 10.7. The van der Waals surface area contributed by atoms with Gasteiger partial charge in [-0.3, -0.25) is 9.69 Å². The van der Waals surface area contributed by atoms with E-state index in [0.717, 1.165) is 45.6 Å². The first-order chi connectivity index (χ1) is 8.54. The lowest BCUT2D eigenvalue weighted by atomic mass is 10.1. The van der Waals surface area contributed by atoms with Gasteiger partial charge in [0.1, 0.15) is 0 Å². The van der Waals surface area contributed by atoms with E-state index in [-0.39, 0.29) is 11.9 Å². The molecule has 1 amide bonds. The fourth-order valence-corrected chi connectivity index (χ4v) is 2.61. The van der Waals surface area contributed by atoms with Gasteiger partial charge in [0.25, 0.3) is 0 Å². The van der Waals surface area contributed by atoms with Crippen LogP contribution in [0, 0.1) is 0 Å². The molecule has 0 aliphatic carbocycles. The number of piperazine rings is 1. The average molecular weight is 272 g/mol. The minimum absolute atomic E-state index is 0.225. The number of primary amides is 1. The van der Waals surface area contributed by atoms with E-state index in [9.17, 15) is 4.79 Å². The van der Waals surface area contributed by atoms with Crippen molar-refractivity contribution in [3.8, 4) is 0 Å². The van der Waals surface area contributed by atoms with E-state index in [1.165, 1.54) is 0 Å². The highest BCUT2D eigenvalue weighted by atomic mass is 32.1. The largest absolute Gasteiger partial charge is 0.392 e. The maximum atomic E-state index is 10.7. The Kier molecular flexibility index (Phi) is 6.52. The minimum atomic E-state index is -0.232. The van der Waals surface area contributed by atoms with Crippen molar-refractivity contribution < 1.29 is 4.79 Å². The van der Waals surface area contributed by atoms with Gasteiger partial charge in [-0.05, 0) is 6.42 Å². The molecule has 0 radical (unpaired) electrons. The van der Waals surface area contributed by atoms with E-state index in [0.29, 0.717) is 11.4 Å². The molecule has 0 aromatic carbocycles. The topological polar surface area (TPSA) is 75.6 Å². The van der Waals surface area contributed by atoms with E-state index in [4.69, 9.17) is 23.7 Å². The van der Waals surface area contributed by atoms with Crippen molar-refractivity contribution >= 4 is 23.1 Å². The Balaban J connectivity index is 2.37. The highest BCUT2D eigenvalue weighted by Crippen LogP contribution is 2.11. The molecule has 1 atom stereocenters. The lowest BCUT2D eigenvalue weighted by Crippen LogP contribution is -2.53. The van der Waals surface area contributed by atoms with Gasteiger partial charge >= 0.3 is 0 Å². The van der Waals surface area contributed by atoms with Crippen molar-refractivity contribution in [2.45, 2.75) is 32.2 Å². The van der Waals surface area contributed by atoms with Crippen LogP contribution in [0.15, 0.2) is 0 Å².